The molecule has 0 amide bonds. The second-order valence-electron chi connectivity index (χ2n) is 8.31. The van der Waals surface area contributed by atoms with Gasteiger partial charge in [0.25, 0.3) is 0 Å². The second kappa shape index (κ2) is 4.77. The second-order valence-corrected chi connectivity index (χ2v) is 8.31. The molecule has 0 bridgehead atoms. The molecule has 120 valence electrons. The summed E-state index contributed by atoms with van der Waals surface area (Å²) in [6.45, 7) is 2.27. The molecule has 0 aromatic carbocycles. The lowest BCUT2D eigenvalue weighted by Crippen LogP contribution is -2.52. The fraction of sp³-hybridized carbons (Fsp3) is 0.789. The van der Waals surface area contributed by atoms with Crippen molar-refractivity contribution in [1.29, 1.82) is 0 Å². The van der Waals surface area contributed by atoms with Gasteiger partial charge in [0.15, 0.2) is 0 Å². The first kappa shape index (κ1) is 14.6. The number of Topliss-reactive ketones (excluding diaryl/α,β-unsaturated/α-hetero) is 1. The minimum absolute atomic E-state index is 0.188. The number of fused-ring (bicyclic) bond motifs is 5. The standard InChI is InChI=1S/C19H26O3/c1-18-8-3-2-4-12(18)5-6-13-14(18)7-9-19(11-20)15(13)10-16(21)17(19)22/h10,12-14,20H,2-9,11H2,1H3/t12?,13-,14+,18+,19-/m1/s1. The summed E-state index contributed by atoms with van der Waals surface area (Å²) >= 11 is 0. The Morgan fingerprint density at radius 2 is 1.95 bits per heavy atom. The van der Waals surface area contributed by atoms with Crippen LogP contribution in [0.15, 0.2) is 11.6 Å². The van der Waals surface area contributed by atoms with E-state index in [1.807, 2.05) is 0 Å². The number of allylic oxidation sites excluding steroid dienone is 1. The number of carbonyl (C=O) groups is 2. The first-order chi connectivity index (χ1) is 10.5. The summed E-state index contributed by atoms with van der Waals surface area (Å²) in [6, 6.07) is 0. The maximum atomic E-state index is 12.4. The maximum Gasteiger partial charge on any atom is 0.222 e. The summed E-state index contributed by atoms with van der Waals surface area (Å²) in [7, 11) is 0. The molecule has 3 saturated carbocycles. The van der Waals surface area contributed by atoms with E-state index in [0.717, 1.165) is 24.3 Å². The quantitative estimate of drug-likeness (QED) is 0.757. The summed E-state index contributed by atoms with van der Waals surface area (Å²) in [5, 5.41) is 9.91. The summed E-state index contributed by atoms with van der Waals surface area (Å²) in [5.41, 5.74) is 0.514. The molecule has 0 aromatic heterocycles. The van der Waals surface area contributed by atoms with E-state index in [0.29, 0.717) is 23.7 Å². The van der Waals surface area contributed by atoms with Gasteiger partial charge in [-0.05, 0) is 73.3 Å². The van der Waals surface area contributed by atoms with E-state index < -0.39 is 5.41 Å². The molecule has 3 nitrogen and oxygen atoms in total. The number of aliphatic hydroxyl groups excluding tert-OH is 1. The summed E-state index contributed by atoms with van der Waals surface area (Å²) in [5.74, 6) is 1.03. The molecule has 0 aliphatic heterocycles. The lowest BCUT2D eigenvalue weighted by atomic mass is 9.46. The van der Waals surface area contributed by atoms with Gasteiger partial charge in [-0.3, -0.25) is 9.59 Å². The van der Waals surface area contributed by atoms with Gasteiger partial charge in [-0.2, -0.15) is 0 Å². The molecule has 3 heteroatoms. The normalized spacial score (nSPS) is 47.5. The Morgan fingerprint density at radius 1 is 1.14 bits per heavy atom. The zero-order chi connectivity index (χ0) is 15.5. The SMILES string of the molecule is C[C@]12CCCCC1CC[C@H]1C3=CC(=O)C(=O)[C@@]3(CO)CC[C@@H]12. The average molecular weight is 302 g/mol. The van der Waals surface area contributed by atoms with Gasteiger partial charge in [0.2, 0.25) is 11.6 Å². The zero-order valence-electron chi connectivity index (χ0n) is 13.4. The van der Waals surface area contributed by atoms with Gasteiger partial charge in [0.1, 0.15) is 0 Å². The number of ketones is 2. The molecule has 22 heavy (non-hydrogen) atoms. The molecule has 1 N–H and O–H groups in total. The number of carbonyl (C=O) groups excluding carboxylic acids is 2. The third-order valence-corrected chi connectivity index (χ3v) is 7.66. The third kappa shape index (κ3) is 1.66. The third-order valence-electron chi connectivity index (χ3n) is 7.66. The zero-order valence-corrected chi connectivity index (χ0v) is 13.4. The topological polar surface area (TPSA) is 54.4 Å². The smallest absolute Gasteiger partial charge is 0.222 e. The maximum absolute atomic E-state index is 12.4. The van der Waals surface area contributed by atoms with Crippen LogP contribution < -0.4 is 0 Å². The lowest BCUT2D eigenvalue weighted by molar-refractivity contribution is -0.141. The molecule has 4 aliphatic carbocycles. The molecule has 4 rings (SSSR count). The Kier molecular flexibility index (Phi) is 3.17. The number of hydrogen-bond acceptors (Lipinski definition) is 3. The summed E-state index contributed by atoms with van der Waals surface area (Å²) in [4.78, 5) is 24.4. The first-order valence-electron chi connectivity index (χ1n) is 8.94. The van der Waals surface area contributed by atoms with Crippen LogP contribution in [0.25, 0.3) is 0 Å². The summed E-state index contributed by atoms with van der Waals surface area (Å²) in [6.07, 6.45) is 10.9. The molecule has 0 spiro atoms. The molecule has 4 aliphatic rings. The molecule has 0 aromatic rings. The fourth-order valence-electron chi connectivity index (χ4n) is 6.41. The highest BCUT2D eigenvalue weighted by atomic mass is 16.3. The molecule has 3 fully saturated rings. The highest BCUT2D eigenvalue weighted by Crippen LogP contribution is 2.63. The van der Waals surface area contributed by atoms with Crippen molar-refractivity contribution in [2.45, 2.75) is 58.3 Å². The minimum Gasteiger partial charge on any atom is -0.395 e. The van der Waals surface area contributed by atoms with Crippen LogP contribution in [0.1, 0.15) is 58.3 Å². The first-order valence-corrected chi connectivity index (χ1v) is 8.94. The average Bonchev–Trinajstić information content (AvgIpc) is 2.79. The van der Waals surface area contributed by atoms with Crippen molar-refractivity contribution in [3.8, 4) is 0 Å². The highest BCUT2D eigenvalue weighted by molar-refractivity contribution is 6.46. The van der Waals surface area contributed by atoms with Crippen molar-refractivity contribution in [2.75, 3.05) is 6.61 Å². The van der Waals surface area contributed by atoms with E-state index in [2.05, 4.69) is 6.92 Å². The van der Waals surface area contributed by atoms with Crippen molar-refractivity contribution in [3.63, 3.8) is 0 Å². The van der Waals surface area contributed by atoms with E-state index in [9.17, 15) is 14.7 Å². The lowest BCUT2D eigenvalue weighted by Gasteiger charge is -2.58. The van der Waals surface area contributed by atoms with Crippen LogP contribution in [0.4, 0.5) is 0 Å². The van der Waals surface area contributed by atoms with Gasteiger partial charge in [0, 0.05) is 0 Å². The van der Waals surface area contributed by atoms with E-state index in [4.69, 9.17) is 0 Å². The van der Waals surface area contributed by atoms with Gasteiger partial charge in [-0.15, -0.1) is 0 Å². The van der Waals surface area contributed by atoms with Crippen molar-refractivity contribution in [3.05, 3.63) is 11.6 Å². The Bertz CT molecular complexity index is 563. The monoisotopic (exact) mass is 302 g/mol. The number of rotatable bonds is 1. The van der Waals surface area contributed by atoms with Crippen molar-refractivity contribution >= 4 is 11.6 Å². The van der Waals surface area contributed by atoms with Crippen LogP contribution in [-0.2, 0) is 9.59 Å². The molecule has 1 unspecified atom stereocenters. The minimum atomic E-state index is -0.851. The molecular formula is C19H26O3. The van der Waals surface area contributed by atoms with Gasteiger partial charge in [-0.25, -0.2) is 0 Å². The van der Waals surface area contributed by atoms with Crippen LogP contribution in [0.5, 0.6) is 0 Å². The van der Waals surface area contributed by atoms with Crippen LogP contribution in [0.3, 0.4) is 0 Å². The number of hydrogen-bond donors (Lipinski definition) is 1. The Labute approximate surface area is 132 Å². The van der Waals surface area contributed by atoms with E-state index in [1.54, 1.807) is 6.08 Å². The van der Waals surface area contributed by atoms with Gasteiger partial charge < -0.3 is 5.11 Å². The van der Waals surface area contributed by atoms with E-state index >= 15 is 0 Å². The van der Waals surface area contributed by atoms with Gasteiger partial charge >= 0.3 is 0 Å². The van der Waals surface area contributed by atoms with Gasteiger partial charge in [-0.1, -0.05) is 19.8 Å². The Morgan fingerprint density at radius 3 is 2.73 bits per heavy atom. The van der Waals surface area contributed by atoms with Crippen LogP contribution >= 0.6 is 0 Å². The van der Waals surface area contributed by atoms with Crippen LogP contribution in [0.2, 0.25) is 0 Å². The van der Waals surface area contributed by atoms with Crippen molar-refractivity contribution in [1.82, 2.24) is 0 Å². The predicted octanol–water partition coefficient (Wildman–Crippen LogP) is 3.06. The Balaban J connectivity index is 1.73. The van der Waals surface area contributed by atoms with Crippen molar-refractivity contribution < 1.29 is 14.7 Å². The van der Waals surface area contributed by atoms with Crippen LogP contribution in [-0.4, -0.2) is 23.3 Å². The predicted molar refractivity (Wildman–Crippen MR) is 83.1 cm³/mol. The largest absolute Gasteiger partial charge is 0.395 e. The molecule has 5 atom stereocenters. The Hall–Kier alpha value is -0.960. The van der Waals surface area contributed by atoms with E-state index in [-0.39, 0.29) is 18.2 Å². The van der Waals surface area contributed by atoms with Crippen molar-refractivity contribution in [2.24, 2.45) is 28.6 Å². The molecular weight excluding hydrogens is 276 g/mol. The summed E-state index contributed by atoms with van der Waals surface area (Å²) < 4.78 is 0. The highest BCUT2D eigenvalue weighted by Gasteiger charge is 2.60. The molecule has 0 heterocycles. The molecule has 0 saturated heterocycles. The molecule has 0 radical (unpaired) electrons. The fourth-order valence-corrected chi connectivity index (χ4v) is 6.41. The van der Waals surface area contributed by atoms with Gasteiger partial charge in [0.05, 0.1) is 12.0 Å². The number of aliphatic hydroxyl groups is 1. The van der Waals surface area contributed by atoms with Crippen LogP contribution in [0, 0.1) is 28.6 Å². The van der Waals surface area contributed by atoms with E-state index in [1.165, 1.54) is 32.1 Å².